The second-order valence-electron chi connectivity index (χ2n) is 5.93. The second-order valence-corrected chi connectivity index (χ2v) is 6.97. The van der Waals surface area contributed by atoms with Crippen molar-refractivity contribution in [3.8, 4) is 0 Å². The molecular weight excluding hydrogens is 328 g/mol. The molecule has 0 amide bonds. The van der Waals surface area contributed by atoms with Gasteiger partial charge in [-0.25, -0.2) is 4.98 Å². The molecule has 0 aromatic carbocycles. The number of esters is 1. The van der Waals surface area contributed by atoms with Crippen molar-refractivity contribution in [1.82, 2.24) is 19.5 Å². The van der Waals surface area contributed by atoms with Crippen molar-refractivity contribution in [3.05, 3.63) is 27.1 Å². The molecule has 24 heavy (non-hydrogen) atoms. The lowest BCUT2D eigenvalue weighted by atomic mass is 9.97. The van der Waals surface area contributed by atoms with E-state index in [0.29, 0.717) is 18.1 Å². The molecule has 1 saturated heterocycles. The molecule has 0 aliphatic carbocycles. The highest BCUT2D eigenvalue weighted by Gasteiger charge is 2.26. The van der Waals surface area contributed by atoms with E-state index < -0.39 is 0 Å². The lowest BCUT2D eigenvalue weighted by Crippen LogP contribution is -2.37. The average molecular weight is 350 g/mol. The number of hydrogen-bond donors (Lipinski definition) is 0. The maximum atomic E-state index is 12.2. The highest BCUT2D eigenvalue weighted by molar-refractivity contribution is 7.16. The summed E-state index contributed by atoms with van der Waals surface area (Å²) in [7, 11) is 0. The summed E-state index contributed by atoms with van der Waals surface area (Å²) in [5.41, 5.74) is 0.633. The van der Waals surface area contributed by atoms with E-state index in [1.807, 2.05) is 13.8 Å². The van der Waals surface area contributed by atoms with Crippen LogP contribution >= 0.6 is 11.3 Å². The molecule has 0 N–H and O–H groups in total. The maximum Gasteiger partial charge on any atom is 0.309 e. The zero-order chi connectivity index (χ0) is 17.1. The number of ether oxygens (including phenoxy) is 1. The Morgan fingerprint density at radius 3 is 2.79 bits per heavy atom. The Bertz CT molecular complexity index is 777. The van der Waals surface area contributed by atoms with Crippen LogP contribution in [0.3, 0.4) is 0 Å². The fourth-order valence-corrected chi connectivity index (χ4v) is 3.79. The Morgan fingerprint density at radius 1 is 1.38 bits per heavy atom. The second kappa shape index (κ2) is 7.40. The van der Waals surface area contributed by atoms with Crippen LogP contribution in [0.25, 0.3) is 4.96 Å². The fraction of sp³-hybridized carbons (Fsp3) is 0.625. The highest BCUT2D eigenvalue weighted by Crippen LogP contribution is 2.20. The molecule has 0 spiro atoms. The van der Waals surface area contributed by atoms with Crippen LogP contribution in [-0.4, -0.2) is 45.2 Å². The molecule has 1 aliphatic heterocycles. The van der Waals surface area contributed by atoms with E-state index in [1.54, 1.807) is 6.07 Å². The first-order valence-corrected chi connectivity index (χ1v) is 9.20. The first kappa shape index (κ1) is 17.0. The molecule has 0 radical (unpaired) electrons. The van der Waals surface area contributed by atoms with Gasteiger partial charge in [-0.3, -0.25) is 14.5 Å². The number of rotatable bonds is 5. The van der Waals surface area contributed by atoms with Crippen molar-refractivity contribution >= 4 is 22.3 Å². The van der Waals surface area contributed by atoms with Crippen LogP contribution in [0.5, 0.6) is 0 Å². The monoisotopic (exact) mass is 350 g/mol. The number of fused-ring (bicyclic) bond motifs is 1. The van der Waals surface area contributed by atoms with E-state index in [1.165, 1.54) is 15.9 Å². The van der Waals surface area contributed by atoms with Gasteiger partial charge in [0.1, 0.15) is 5.01 Å². The molecule has 2 aromatic rings. The van der Waals surface area contributed by atoms with Gasteiger partial charge in [-0.15, -0.1) is 0 Å². The third-order valence-electron chi connectivity index (χ3n) is 4.24. The zero-order valence-electron chi connectivity index (χ0n) is 14.0. The topological polar surface area (TPSA) is 76.8 Å². The van der Waals surface area contributed by atoms with E-state index in [4.69, 9.17) is 4.74 Å². The Hall–Kier alpha value is -1.80. The van der Waals surface area contributed by atoms with Crippen LogP contribution in [0.1, 0.15) is 37.4 Å². The predicted molar refractivity (Wildman–Crippen MR) is 91.1 cm³/mol. The molecule has 0 unspecified atom stereocenters. The van der Waals surface area contributed by atoms with Crippen LogP contribution in [0.4, 0.5) is 0 Å². The third kappa shape index (κ3) is 3.64. The zero-order valence-corrected chi connectivity index (χ0v) is 14.8. The molecule has 1 aliphatic rings. The highest BCUT2D eigenvalue weighted by atomic mass is 32.1. The van der Waals surface area contributed by atoms with Gasteiger partial charge < -0.3 is 4.74 Å². The normalized spacial score (nSPS) is 16.6. The number of aromatic nitrogens is 3. The Kier molecular flexibility index (Phi) is 5.25. The molecule has 130 valence electrons. The lowest BCUT2D eigenvalue weighted by Gasteiger charge is -2.30. The van der Waals surface area contributed by atoms with Crippen LogP contribution < -0.4 is 5.56 Å². The van der Waals surface area contributed by atoms with Crippen LogP contribution in [-0.2, 0) is 22.5 Å². The average Bonchev–Trinajstić information content (AvgIpc) is 2.99. The summed E-state index contributed by atoms with van der Waals surface area (Å²) in [5, 5.41) is 5.17. The summed E-state index contributed by atoms with van der Waals surface area (Å²) < 4.78 is 6.47. The number of piperidine rings is 1. The van der Waals surface area contributed by atoms with E-state index in [2.05, 4.69) is 15.0 Å². The number of nitrogens with zero attached hydrogens (tertiary/aromatic N) is 4. The van der Waals surface area contributed by atoms with Crippen LogP contribution in [0.15, 0.2) is 10.9 Å². The van der Waals surface area contributed by atoms with Gasteiger partial charge in [-0.1, -0.05) is 18.3 Å². The van der Waals surface area contributed by atoms with Gasteiger partial charge in [-0.2, -0.15) is 9.61 Å². The number of aryl methyl sites for hydroxylation is 1. The molecule has 1 fully saturated rings. The molecule has 2 aromatic heterocycles. The molecule has 3 heterocycles. The van der Waals surface area contributed by atoms with E-state index in [0.717, 1.165) is 43.1 Å². The SMILES string of the molecule is CCOC(=O)C1CCN(Cc2cc(=O)n3nc(CC)sc3n2)CC1. The lowest BCUT2D eigenvalue weighted by molar-refractivity contribution is -0.149. The van der Waals surface area contributed by atoms with Crippen molar-refractivity contribution in [2.24, 2.45) is 5.92 Å². The number of hydrogen-bond acceptors (Lipinski definition) is 7. The van der Waals surface area contributed by atoms with Gasteiger partial charge in [0.15, 0.2) is 0 Å². The Balaban J connectivity index is 1.66. The smallest absolute Gasteiger partial charge is 0.309 e. The van der Waals surface area contributed by atoms with Gasteiger partial charge in [0.2, 0.25) is 4.96 Å². The molecule has 0 bridgehead atoms. The third-order valence-corrected chi connectivity index (χ3v) is 5.29. The summed E-state index contributed by atoms with van der Waals surface area (Å²) in [4.78, 5) is 31.4. The number of carbonyl (C=O) groups excluding carboxylic acids is 1. The van der Waals surface area contributed by atoms with E-state index >= 15 is 0 Å². The molecule has 0 saturated carbocycles. The fourth-order valence-electron chi connectivity index (χ4n) is 2.94. The van der Waals surface area contributed by atoms with E-state index in [9.17, 15) is 9.59 Å². The summed E-state index contributed by atoms with van der Waals surface area (Å²) in [6.07, 6.45) is 2.38. The van der Waals surface area contributed by atoms with Crippen molar-refractivity contribution in [2.45, 2.75) is 39.7 Å². The summed E-state index contributed by atoms with van der Waals surface area (Å²) in [6, 6.07) is 1.56. The van der Waals surface area contributed by atoms with Gasteiger partial charge in [0.05, 0.1) is 18.2 Å². The standard InChI is InChI=1S/C16H22N4O3S/c1-3-13-18-20-14(21)9-12(17-16(20)24-13)10-19-7-5-11(6-8-19)15(22)23-4-2/h9,11H,3-8,10H2,1-2H3. The largest absolute Gasteiger partial charge is 0.466 e. The minimum Gasteiger partial charge on any atom is -0.466 e. The van der Waals surface area contributed by atoms with Gasteiger partial charge in [0, 0.05) is 12.6 Å². The van der Waals surface area contributed by atoms with Gasteiger partial charge in [0.25, 0.3) is 5.56 Å². The van der Waals surface area contributed by atoms with Gasteiger partial charge in [-0.05, 0) is 39.3 Å². The number of likely N-dealkylation sites (tertiary alicyclic amines) is 1. The molecular formula is C16H22N4O3S. The summed E-state index contributed by atoms with van der Waals surface area (Å²) in [6.45, 7) is 6.52. The molecule has 7 nitrogen and oxygen atoms in total. The summed E-state index contributed by atoms with van der Waals surface area (Å²) >= 11 is 1.46. The van der Waals surface area contributed by atoms with Crippen molar-refractivity contribution in [1.29, 1.82) is 0 Å². The molecule has 3 rings (SSSR count). The quantitative estimate of drug-likeness (QED) is 0.761. The van der Waals surface area contributed by atoms with Crippen LogP contribution in [0.2, 0.25) is 0 Å². The maximum absolute atomic E-state index is 12.2. The predicted octanol–water partition coefficient (Wildman–Crippen LogP) is 1.49. The van der Waals surface area contributed by atoms with Crippen LogP contribution in [0, 0.1) is 5.92 Å². The Morgan fingerprint density at radius 2 is 2.12 bits per heavy atom. The molecule has 8 heteroatoms. The summed E-state index contributed by atoms with van der Waals surface area (Å²) in [5.74, 6) is -0.0948. The van der Waals surface area contributed by atoms with E-state index in [-0.39, 0.29) is 17.4 Å². The minimum absolute atomic E-state index is 0.00382. The first-order chi connectivity index (χ1) is 11.6. The molecule has 0 atom stereocenters. The van der Waals surface area contributed by atoms with Crippen molar-refractivity contribution in [2.75, 3.05) is 19.7 Å². The Labute approximate surface area is 144 Å². The number of carbonyl (C=O) groups is 1. The van der Waals surface area contributed by atoms with Crippen molar-refractivity contribution < 1.29 is 9.53 Å². The van der Waals surface area contributed by atoms with Gasteiger partial charge >= 0.3 is 5.97 Å². The first-order valence-electron chi connectivity index (χ1n) is 8.38. The minimum atomic E-state index is -0.132. The van der Waals surface area contributed by atoms with Crippen molar-refractivity contribution in [3.63, 3.8) is 0 Å².